The van der Waals surface area contributed by atoms with Gasteiger partial charge in [-0.3, -0.25) is 4.79 Å². The fourth-order valence-electron chi connectivity index (χ4n) is 2.80. The number of rotatable bonds is 4. The smallest absolute Gasteiger partial charge is 0.225 e. The van der Waals surface area contributed by atoms with E-state index >= 15 is 0 Å². The fourth-order valence-corrected chi connectivity index (χ4v) is 4.04. The van der Waals surface area contributed by atoms with Crippen LogP contribution in [0.25, 0.3) is 0 Å². The Kier molecular flexibility index (Phi) is 5.09. The quantitative estimate of drug-likeness (QED) is 0.799. The standard InChI is InChI=1S/C13H22N2O2S2/c1-19-13(12(14)18)4-6-15(7-5-13)11(16)9-10-3-2-8-17-10/h10H,2-9H2,1H3,(H2,14,18). The van der Waals surface area contributed by atoms with Gasteiger partial charge in [0.05, 0.1) is 22.3 Å². The highest BCUT2D eigenvalue weighted by molar-refractivity contribution is 8.02. The van der Waals surface area contributed by atoms with Crippen LogP contribution < -0.4 is 5.73 Å². The van der Waals surface area contributed by atoms with Crippen molar-refractivity contribution < 1.29 is 9.53 Å². The van der Waals surface area contributed by atoms with E-state index in [0.29, 0.717) is 11.4 Å². The van der Waals surface area contributed by atoms with Gasteiger partial charge in [-0.05, 0) is 31.9 Å². The molecule has 108 valence electrons. The van der Waals surface area contributed by atoms with Crippen molar-refractivity contribution in [2.75, 3.05) is 26.0 Å². The van der Waals surface area contributed by atoms with Gasteiger partial charge in [-0.1, -0.05) is 12.2 Å². The van der Waals surface area contributed by atoms with E-state index in [1.54, 1.807) is 11.8 Å². The van der Waals surface area contributed by atoms with Crippen LogP contribution in [0.1, 0.15) is 32.1 Å². The predicted octanol–water partition coefficient (Wildman–Crippen LogP) is 1.57. The summed E-state index contributed by atoms with van der Waals surface area (Å²) in [5.41, 5.74) is 5.85. The number of hydrogen-bond donors (Lipinski definition) is 1. The molecular formula is C13H22N2O2S2. The molecule has 0 aromatic carbocycles. The van der Waals surface area contributed by atoms with E-state index in [0.717, 1.165) is 45.4 Å². The molecule has 1 atom stereocenters. The Balaban J connectivity index is 1.85. The maximum Gasteiger partial charge on any atom is 0.225 e. The van der Waals surface area contributed by atoms with Crippen LogP contribution in [0, 0.1) is 0 Å². The maximum atomic E-state index is 12.2. The number of amides is 1. The lowest BCUT2D eigenvalue weighted by Crippen LogP contribution is -2.51. The molecule has 4 nitrogen and oxygen atoms in total. The summed E-state index contributed by atoms with van der Waals surface area (Å²) in [7, 11) is 0. The third-order valence-corrected chi connectivity index (χ3v) is 6.12. The number of piperidine rings is 1. The molecule has 0 saturated carbocycles. The molecule has 0 radical (unpaired) electrons. The largest absolute Gasteiger partial charge is 0.392 e. The zero-order valence-electron chi connectivity index (χ0n) is 11.4. The zero-order valence-corrected chi connectivity index (χ0v) is 13.0. The number of nitrogens with zero attached hydrogens (tertiary/aromatic N) is 1. The molecule has 0 aromatic heterocycles. The molecule has 19 heavy (non-hydrogen) atoms. The number of thioether (sulfide) groups is 1. The second-order valence-corrected chi connectivity index (χ2v) is 6.91. The summed E-state index contributed by atoms with van der Waals surface area (Å²) in [5, 5.41) is 0. The zero-order chi connectivity index (χ0) is 13.9. The van der Waals surface area contributed by atoms with Crippen LogP contribution >= 0.6 is 24.0 Å². The summed E-state index contributed by atoms with van der Waals surface area (Å²) in [6, 6.07) is 0. The molecule has 2 saturated heterocycles. The minimum absolute atomic E-state index is 0.115. The Bertz CT molecular complexity index is 349. The molecule has 2 heterocycles. The first-order valence-electron chi connectivity index (χ1n) is 6.82. The third-order valence-electron chi connectivity index (χ3n) is 4.19. The SMILES string of the molecule is CSC1(C(N)=S)CCN(C(=O)CC2CCCO2)CC1. The molecule has 2 aliphatic heterocycles. The van der Waals surface area contributed by atoms with Gasteiger partial charge in [0.2, 0.25) is 5.91 Å². The normalized spacial score (nSPS) is 26.4. The molecule has 2 fully saturated rings. The summed E-state index contributed by atoms with van der Waals surface area (Å²) in [5.74, 6) is 0.213. The van der Waals surface area contributed by atoms with Gasteiger partial charge in [0.1, 0.15) is 0 Å². The van der Waals surface area contributed by atoms with Crippen LogP contribution in [0.4, 0.5) is 0 Å². The average molecular weight is 302 g/mol. The lowest BCUT2D eigenvalue weighted by molar-refractivity contribution is -0.134. The second kappa shape index (κ2) is 6.41. The Hall–Kier alpha value is -0.330. The third kappa shape index (κ3) is 3.41. The highest BCUT2D eigenvalue weighted by Crippen LogP contribution is 2.35. The summed E-state index contributed by atoms with van der Waals surface area (Å²) < 4.78 is 5.41. The minimum Gasteiger partial charge on any atom is -0.392 e. The predicted molar refractivity (Wildman–Crippen MR) is 82.4 cm³/mol. The molecule has 0 spiro atoms. The average Bonchev–Trinajstić information content (AvgIpc) is 2.91. The highest BCUT2D eigenvalue weighted by atomic mass is 32.2. The van der Waals surface area contributed by atoms with Crippen LogP contribution in [-0.4, -0.2) is 52.6 Å². The van der Waals surface area contributed by atoms with Gasteiger partial charge < -0.3 is 15.4 Å². The first-order valence-corrected chi connectivity index (χ1v) is 8.45. The van der Waals surface area contributed by atoms with Gasteiger partial charge in [0.15, 0.2) is 0 Å². The van der Waals surface area contributed by atoms with Gasteiger partial charge in [0.25, 0.3) is 0 Å². The topological polar surface area (TPSA) is 55.6 Å². The number of carbonyl (C=O) groups is 1. The molecule has 6 heteroatoms. The Morgan fingerprint density at radius 2 is 2.21 bits per heavy atom. The van der Waals surface area contributed by atoms with E-state index in [1.807, 2.05) is 11.2 Å². The Labute approximate surface area is 124 Å². The van der Waals surface area contributed by atoms with Crippen molar-refractivity contribution in [1.82, 2.24) is 4.90 Å². The lowest BCUT2D eigenvalue weighted by Gasteiger charge is -2.40. The summed E-state index contributed by atoms with van der Waals surface area (Å²) in [6.45, 7) is 2.31. The van der Waals surface area contributed by atoms with Gasteiger partial charge in [0, 0.05) is 19.7 Å². The Morgan fingerprint density at radius 3 is 2.68 bits per heavy atom. The second-order valence-electron chi connectivity index (χ2n) is 5.28. The van der Waals surface area contributed by atoms with Gasteiger partial charge in [-0.2, -0.15) is 11.8 Å². The van der Waals surface area contributed by atoms with Crippen molar-refractivity contribution in [2.45, 2.75) is 43.0 Å². The van der Waals surface area contributed by atoms with Gasteiger partial charge >= 0.3 is 0 Å². The van der Waals surface area contributed by atoms with Crippen LogP contribution in [0.15, 0.2) is 0 Å². The number of ether oxygens (including phenoxy) is 1. The van der Waals surface area contributed by atoms with Crippen molar-refractivity contribution >= 4 is 34.9 Å². The van der Waals surface area contributed by atoms with Gasteiger partial charge in [-0.15, -0.1) is 0 Å². The van der Waals surface area contributed by atoms with Crippen LogP contribution in [0.2, 0.25) is 0 Å². The first kappa shape index (κ1) is 15.1. The van der Waals surface area contributed by atoms with E-state index in [2.05, 4.69) is 0 Å². The van der Waals surface area contributed by atoms with Crippen molar-refractivity contribution in [3.05, 3.63) is 0 Å². The summed E-state index contributed by atoms with van der Waals surface area (Å²) >= 11 is 6.90. The van der Waals surface area contributed by atoms with Gasteiger partial charge in [-0.25, -0.2) is 0 Å². The maximum absolute atomic E-state index is 12.2. The van der Waals surface area contributed by atoms with E-state index in [1.165, 1.54) is 0 Å². The summed E-state index contributed by atoms with van der Waals surface area (Å²) in [6.07, 6.45) is 6.52. The number of likely N-dealkylation sites (tertiary alicyclic amines) is 1. The molecule has 2 N–H and O–H groups in total. The van der Waals surface area contributed by atoms with Crippen LogP contribution in [0.5, 0.6) is 0 Å². The Morgan fingerprint density at radius 1 is 1.53 bits per heavy atom. The summed E-state index contributed by atoms with van der Waals surface area (Å²) in [4.78, 5) is 14.7. The fraction of sp³-hybridized carbons (Fsp3) is 0.846. The molecule has 2 aliphatic rings. The van der Waals surface area contributed by atoms with E-state index in [4.69, 9.17) is 22.7 Å². The molecule has 1 unspecified atom stereocenters. The molecule has 2 rings (SSSR count). The van der Waals surface area contributed by atoms with Crippen LogP contribution in [0.3, 0.4) is 0 Å². The molecular weight excluding hydrogens is 280 g/mol. The minimum atomic E-state index is -0.115. The molecule has 1 amide bonds. The lowest BCUT2D eigenvalue weighted by atomic mass is 9.95. The van der Waals surface area contributed by atoms with Crippen LogP contribution in [-0.2, 0) is 9.53 Å². The van der Waals surface area contributed by atoms with E-state index in [-0.39, 0.29) is 16.8 Å². The number of nitrogens with two attached hydrogens (primary N) is 1. The van der Waals surface area contributed by atoms with E-state index in [9.17, 15) is 4.79 Å². The van der Waals surface area contributed by atoms with Crippen molar-refractivity contribution in [2.24, 2.45) is 5.73 Å². The number of hydrogen-bond acceptors (Lipinski definition) is 4. The van der Waals surface area contributed by atoms with Crippen molar-refractivity contribution in [3.63, 3.8) is 0 Å². The van der Waals surface area contributed by atoms with Crippen molar-refractivity contribution in [1.29, 1.82) is 0 Å². The number of thiocarbonyl (C=S) groups is 1. The molecule has 0 aromatic rings. The molecule has 0 aliphatic carbocycles. The van der Waals surface area contributed by atoms with Crippen molar-refractivity contribution in [3.8, 4) is 0 Å². The monoisotopic (exact) mass is 302 g/mol. The highest BCUT2D eigenvalue weighted by Gasteiger charge is 2.38. The molecule has 0 bridgehead atoms. The first-order chi connectivity index (χ1) is 9.07. The van der Waals surface area contributed by atoms with E-state index < -0.39 is 0 Å². The number of carbonyl (C=O) groups excluding carboxylic acids is 1.